The molecule has 0 atom stereocenters. The van der Waals surface area contributed by atoms with Gasteiger partial charge in [-0.1, -0.05) is 35.9 Å². The van der Waals surface area contributed by atoms with E-state index in [9.17, 15) is 4.79 Å². The monoisotopic (exact) mass is 404 g/mol. The quantitative estimate of drug-likeness (QED) is 0.530. The fourth-order valence-corrected chi connectivity index (χ4v) is 3.20. The van der Waals surface area contributed by atoms with Gasteiger partial charge in [-0.05, 0) is 35.4 Å². The first-order valence-corrected chi connectivity index (χ1v) is 9.18. The Morgan fingerprint density at radius 1 is 1.00 bits per heavy atom. The predicted molar refractivity (Wildman–Crippen MR) is 112 cm³/mol. The molecule has 8 heteroatoms. The van der Waals surface area contributed by atoms with Gasteiger partial charge < -0.3 is 11.5 Å². The summed E-state index contributed by atoms with van der Waals surface area (Å²) in [6, 6.07) is 14.8. The summed E-state index contributed by atoms with van der Waals surface area (Å²) in [6.07, 6.45) is 5.22. The minimum Gasteiger partial charge on any atom is -0.383 e. The van der Waals surface area contributed by atoms with Gasteiger partial charge in [-0.15, -0.1) is 0 Å². The molecule has 0 fully saturated rings. The molecular formula is C21H17ClN6O. The van der Waals surface area contributed by atoms with Gasteiger partial charge in [0.15, 0.2) is 0 Å². The van der Waals surface area contributed by atoms with E-state index >= 15 is 0 Å². The second kappa shape index (κ2) is 7.73. The maximum absolute atomic E-state index is 11.1. The van der Waals surface area contributed by atoms with Crippen molar-refractivity contribution in [2.45, 2.75) is 6.42 Å². The van der Waals surface area contributed by atoms with Gasteiger partial charge in [0, 0.05) is 16.8 Å². The Balaban J connectivity index is 1.71. The van der Waals surface area contributed by atoms with Gasteiger partial charge in [0.25, 0.3) is 0 Å². The summed E-state index contributed by atoms with van der Waals surface area (Å²) >= 11 is 6.00. The molecule has 144 valence electrons. The molecule has 0 bridgehead atoms. The van der Waals surface area contributed by atoms with Crippen LogP contribution in [0.15, 0.2) is 67.3 Å². The molecule has 7 nitrogen and oxygen atoms in total. The van der Waals surface area contributed by atoms with Gasteiger partial charge in [-0.2, -0.15) is 5.10 Å². The number of aromatic nitrogens is 4. The molecule has 0 spiro atoms. The van der Waals surface area contributed by atoms with Gasteiger partial charge in [0.1, 0.15) is 12.1 Å². The van der Waals surface area contributed by atoms with E-state index in [-0.39, 0.29) is 12.3 Å². The number of nitrogens with two attached hydrogens (primary N) is 2. The van der Waals surface area contributed by atoms with Crippen molar-refractivity contribution in [1.82, 2.24) is 19.7 Å². The van der Waals surface area contributed by atoms with Crippen molar-refractivity contribution in [3.05, 3.63) is 77.8 Å². The molecule has 0 aliphatic rings. The lowest BCUT2D eigenvalue weighted by molar-refractivity contribution is -0.117. The van der Waals surface area contributed by atoms with Crippen molar-refractivity contribution in [3.63, 3.8) is 0 Å². The Morgan fingerprint density at radius 2 is 1.72 bits per heavy atom. The lowest BCUT2D eigenvalue weighted by Crippen LogP contribution is -2.13. The first-order chi connectivity index (χ1) is 14.0. The number of anilines is 1. The third-order valence-corrected chi connectivity index (χ3v) is 4.70. The maximum atomic E-state index is 11.1. The molecule has 4 rings (SSSR count). The normalized spacial score (nSPS) is 10.8. The van der Waals surface area contributed by atoms with E-state index in [0.29, 0.717) is 16.5 Å². The number of hydrogen-bond donors (Lipinski definition) is 2. The summed E-state index contributed by atoms with van der Waals surface area (Å²) in [5.74, 6) is 0.0103. The highest BCUT2D eigenvalue weighted by Gasteiger charge is 2.15. The fourth-order valence-electron chi connectivity index (χ4n) is 3.07. The average molecular weight is 405 g/mol. The third-order valence-electron chi connectivity index (χ3n) is 4.44. The first kappa shape index (κ1) is 18.6. The largest absolute Gasteiger partial charge is 0.383 e. The van der Waals surface area contributed by atoms with Crippen LogP contribution in [-0.2, 0) is 11.2 Å². The summed E-state index contributed by atoms with van der Waals surface area (Å²) in [5, 5.41) is 5.07. The molecule has 2 heterocycles. The molecule has 29 heavy (non-hydrogen) atoms. The Morgan fingerprint density at radius 3 is 2.41 bits per heavy atom. The van der Waals surface area contributed by atoms with E-state index in [1.165, 1.54) is 6.33 Å². The van der Waals surface area contributed by atoms with Crippen LogP contribution in [0.4, 0.5) is 5.82 Å². The van der Waals surface area contributed by atoms with Gasteiger partial charge in [0.05, 0.1) is 29.6 Å². The zero-order chi connectivity index (χ0) is 20.4. The number of carbonyl (C=O) groups is 1. The van der Waals surface area contributed by atoms with E-state index in [4.69, 9.17) is 23.1 Å². The fraction of sp³-hybridized carbons (Fsp3) is 0.0476. The predicted octanol–water partition coefficient (Wildman–Crippen LogP) is 3.26. The summed E-state index contributed by atoms with van der Waals surface area (Å²) in [4.78, 5) is 19.6. The number of rotatable bonds is 5. The lowest BCUT2D eigenvalue weighted by atomic mass is 10.0. The van der Waals surface area contributed by atoms with E-state index in [1.807, 2.05) is 42.6 Å². The van der Waals surface area contributed by atoms with E-state index < -0.39 is 0 Å². The SMILES string of the molecule is NC(=O)Cc1ccc(-n2cc(-c3ncnc(N)c3-c3ccc(Cl)cc3)cn2)cc1. The minimum absolute atomic E-state index is 0.204. The van der Waals surface area contributed by atoms with Gasteiger partial charge >= 0.3 is 0 Å². The highest BCUT2D eigenvalue weighted by Crippen LogP contribution is 2.34. The number of benzene rings is 2. The molecule has 2 aromatic carbocycles. The van der Waals surface area contributed by atoms with Crippen molar-refractivity contribution in [1.29, 1.82) is 0 Å². The molecule has 4 N–H and O–H groups in total. The Labute approximate surface area is 172 Å². The van der Waals surface area contributed by atoms with Crippen molar-refractivity contribution >= 4 is 23.3 Å². The lowest BCUT2D eigenvalue weighted by Gasteiger charge is -2.09. The van der Waals surface area contributed by atoms with Gasteiger partial charge in [0.2, 0.25) is 5.91 Å². The van der Waals surface area contributed by atoms with E-state index in [2.05, 4.69) is 15.1 Å². The highest BCUT2D eigenvalue weighted by molar-refractivity contribution is 6.30. The molecule has 0 radical (unpaired) electrons. The van der Waals surface area contributed by atoms with Crippen molar-refractivity contribution in [3.8, 4) is 28.1 Å². The summed E-state index contributed by atoms with van der Waals surface area (Å²) in [6.45, 7) is 0. The highest BCUT2D eigenvalue weighted by atomic mass is 35.5. The molecule has 1 amide bonds. The topological polar surface area (TPSA) is 113 Å². The second-order valence-electron chi connectivity index (χ2n) is 6.47. The second-order valence-corrected chi connectivity index (χ2v) is 6.91. The molecular weight excluding hydrogens is 388 g/mol. The van der Waals surface area contributed by atoms with Gasteiger partial charge in [-0.3, -0.25) is 4.79 Å². The van der Waals surface area contributed by atoms with Crippen molar-refractivity contribution in [2.24, 2.45) is 5.73 Å². The minimum atomic E-state index is -0.366. The van der Waals surface area contributed by atoms with Crippen LogP contribution in [0.25, 0.3) is 28.1 Å². The third kappa shape index (κ3) is 3.95. The Kier molecular flexibility index (Phi) is 4.97. The number of nitrogens with zero attached hydrogens (tertiary/aromatic N) is 4. The van der Waals surface area contributed by atoms with Gasteiger partial charge in [-0.25, -0.2) is 14.6 Å². The van der Waals surface area contributed by atoms with E-state index in [0.717, 1.165) is 27.9 Å². The molecule has 0 aliphatic carbocycles. The van der Waals surface area contributed by atoms with Crippen molar-refractivity contribution in [2.75, 3.05) is 5.73 Å². The molecule has 0 saturated carbocycles. The van der Waals surface area contributed by atoms with Crippen LogP contribution >= 0.6 is 11.6 Å². The van der Waals surface area contributed by atoms with Crippen LogP contribution in [0.1, 0.15) is 5.56 Å². The Bertz CT molecular complexity index is 1170. The molecule has 4 aromatic rings. The number of amides is 1. The zero-order valence-electron chi connectivity index (χ0n) is 15.3. The van der Waals surface area contributed by atoms with Crippen LogP contribution in [-0.4, -0.2) is 25.7 Å². The number of hydrogen-bond acceptors (Lipinski definition) is 5. The molecule has 2 aromatic heterocycles. The summed E-state index contributed by atoms with van der Waals surface area (Å²) in [5.41, 5.74) is 16.2. The molecule has 0 aliphatic heterocycles. The van der Waals surface area contributed by atoms with Crippen LogP contribution in [0, 0.1) is 0 Å². The first-order valence-electron chi connectivity index (χ1n) is 8.80. The number of halogens is 1. The summed E-state index contributed by atoms with van der Waals surface area (Å²) in [7, 11) is 0. The van der Waals surface area contributed by atoms with Crippen molar-refractivity contribution < 1.29 is 4.79 Å². The van der Waals surface area contributed by atoms with Crippen LogP contribution in [0.5, 0.6) is 0 Å². The van der Waals surface area contributed by atoms with Crippen LogP contribution < -0.4 is 11.5 Å². The average Bonchev–Trinajstić information content (AvgIpc) is 3.19. The van der Waals surface area contributed by atoms with Crippen LogP contribution in [0.3, 0.4) is 0 Å². The van der Waals surface area contributed by atoms with Crippen LogP contribution in [0.2, 0.25) is 5.02 Å². The smallest absolute Gasteiger partial charge is 0.221 e. The molecule has 0 unspecified atom stereocenters. The van der Waals surface area contributed by atoms with E-state index in [1.54, 1.807) is 23.0 Å². The maximum Gasteiger partial charge on any atom is 0.221 e. The number of primary amides is 1. The zero-order valence-corrected chi connectivity index (χ0v) is 16.0. The Hall–Kier alpha value is -3.71. The molecule has 0 saturated heterocycles. The standard InChI is InChI=1S/C21H17ClN6O/c22-16-5-3-14(4-6-16)19-20(25-12-26-21(19)24)15-10-27-28(11-15)17-7-1-13(2-8-17)9-18(23)29/h1-8,10-12H,9H2,(H2,23,29)(H2,24,25,26). The number of nitrogen functional groups attached to an aromatic ring is 1. The summed E-state index contributed by atoms with van der Waals surface area (Å²) < 4.78 is 1.73. The number of carbonyl (C=O) groups excluding carboxylic acids is 1.